The van der Waals surface area contributed by atoms with Gasteiger partial charge in [0.25, 0.3) is 0 Å². The maximum absolute atomic E-state index is 11.6. The van der Waals surface area contributed by atoms with Crippen molar-refractivity contribution in [3.8, 4) is 0 Å². The summed E-state index contributed by atoms with van der Waals surface area (Å²) in [4.78, 5) is 11.6. The zero-order chi connectivity index (χ0) is 10.5. The van der Waals surface area contributed by atoms with Gasteiger partial charge in [-0.05, 0) is 24.1 Å². The van der Waals surface area contributed by atoms with E-state index < -0.39 is 0 Å². The van der Waals surface area contributed by atoms with Crippen molar-refractivity contribution >= 4 is 5.78 Å². The number of benzene rings is 1. The average Bonchev–Trinajstić information content (AvgIpc) is 2.81. The quantitative estimate of drug-likeness (QED) is 0.710. The van der Waals surface area contributed by atoms with E-state index >= 15 is 0 Å². The van der Waals surface area contributed by atoms with Crippen LogP contribution in [-0.4, -0.2) is 5.78 Å². The van der Waals surface area contributed by atoms with Gasteiger partial charge < -0.3 is 4.42 Å². The van der Waals surface area contributed by atoms with Crippen molar-refractivity contribution in [1.29, 1.82) is 0 Å². The van der Waals surface area contributed by atoms with E-state index in [1.165, 1.54) is 11.8 Å². The maximum Gasteiger partial charge on any atom is 0.198 e. The van der Waals surface area contributed by atoms with Crippen molar-refractivity contribution in [3.63, 3.8) is 0 Å². The highest BCUT2D eigenvalue weighted by atomic mass is 16.3. The lowest BCUT2D eigenvalue weighted by Gasteiger charge is -1.98. The Morgan fingerprint density at radius 3 is 2.53 bits per heavy atom. The Bertz CT molecular complexity index is 415. The predicted molar refractivity (Wildman–Crippen MR) is 57.8 cm³/mol. The van der Waals surface area contributed by atoms with Crippen LogP contribution >= 0.6 is 0 Å². The number of hydrogen-bond acceptors (Lipinski definition) is 2. The molecule has 0 saturated heterocycles. The molecule has 15 heavy (non-hydrogen) atoms. The monoisotopic (exact) mass is 200 g/mol. The van der Waals surface area contributed by atoms with Crippen molar-refractivity contribution < 1.29 is 9.21 Å². The van der Waals surface area contributed by atoms with Gasteiger partial charge in [0.1, 0.15) is 0 Å². The Morgan fingerprint density at radius 2 is 1.87 bits per heavy atom. The second-order valence-electron chi connectivity index (χ2n) is 3.39. The molecule has 0 N–H and O–H groups in total. The van der Waals surface area contributed by atoms with E-state index in [4.69, 9.17) is 4.42 Å². The van der Waals surface area contributed by atoms with E-state index in [9.17, 15) is 4.79 Å². The summed E-state index contributed by atoms with van der Waals surface area (Å²) in [6, 6.07) is 13.4. The molecule has 0 atom stereocenters. The molecule has 0 aliphatic heterocycles. The number of ketones is 1. The minimum absolute atomic E-state index is 0.0591. The molecule has 2 heteroatoms. The van der Waals surface area contributed by atoms with Crippen LogP contribution in [0.4, 0.5) is 0 Å². The molecule has 0 unspecified atom stereocenters. The van der Waals surface area contributed by atoms with Crippen LogP contribution in [-0.2, 0) is 6.42 Å². The Kier molecular flexibility index (Phi) is 2.98. The standard InChI is InChI=1S/C13H12O2/c14-12(13-7-4-10-15-13)9-8-11-5-2-1-3-6-11/h1-7,10H,8-9H2. The molecule has 0 saturated carbocycles. The Labute approximate surface area is 88.5 Å². The predicted octanol–water partition coefficient (Wildman–Crippen LogP) is 3.10. The first-order valence-corrected chi connectivity index (χ1v) is 4.97. The van der Waals surface area contributed by atoms with Crippen LogP contribution in [0.1, 0.15) is 22.5 Å². The van der Waals surface area contributed by atoms with Gasteiger partial charge in [-0.25, -0.2) is 0 Å². The first-order valence-electron chi connectivity index (χ1n) is 4.97. The largest absolute Gasteiger partial charge is 0.461 e. The summed E-state index contributed by atoms with van der Waals surface area (Å²) in [5.74, 6) is 0.509. The third-order valence-electron chi connectivity index (χ3n) is 2.28. The van der Waals surface area contributed by atoms with E-state index in [0.29, 0.717) is 12.2 Å². The smallest absolute Gasteiger partial charge is 0.198 e. The van der Waals surface area contributed by atoms with Crippen LogP contribution in [0.15, 0.2) is 53.1 Å². The van der Waals surface area contributed by atoms with Gasteiger partial charge in [0.2, 0.25) is 0 Å². The fraction of sp³-hybridized carbons (Fsp3) is 0.154. The number of hydrogen-bond donors (Lipinski definition) is 0. The molecule has 0 fully saturated rings. The van der Waals surface area contributed by atoms with Crippen molar-refractivity contribution in [2.75, 3.05) is 0 Å². The first kappa shape index (κ1) is 9.71. The molecule has 1 aromatic carbocycles. The van der Waals surface area contributed by atoms with E-state index in [-0.39, 0.29) is 5.78 Å². The fourth-order valence-corrected chi connectivity index (χ4v) is 1.46. The van der Waals surface area contributed by atoms with E-state index in [2.05, 4.69) is 0 Å². The molecule has 0 aliphatic rings. The van der Waals surface area contributed by atoms with Gasteiger partial charge in [-0.15, -0.1) is 0 Å². The highest BCUT2D eigenvalue weighted by Gasteiger charge is 2.07. The second kappa shape index (κ2) is 4.60. The van der Waals surface area contributed by atoms with Crippen LogP contribution in [0.5, 0.6) is 0 Å². The van der Waals surface area contributed by atoms with Crippen LogP contribution < -0.4 is 0 Å². The molecule has 0 spiro atoms. The molecule has 2 rings (SSSR count). The lowest BCUT2D eigenvalue weighted by atomic mass is 10.1. The Morgan fingerprint density at radius 1 is 1.07 bits per heavy atom. The summed E-state index contributed by atoms with van der Waals surface area (Å²) in [7, 11) is 0. The van der Waals surface area contributed by atoms with Crippen molar-refractivity contribution in [3.05, 3.63) is 60.1 Å². The molecule has 76 valence electrons. The summed E-state index contributed by atoms with van der Waals surface area (Å²) in [6.07, 6.45) is 2.79. The van der Waals surface area contributed by atoms with Crippen LogP contribution in [0.2, 0.25) is 0 Å². The van der Waals surface area contributed by atoms with Gasteiger partial charge in [0.05, 0.1) is 6.26 Å². The molecule has 2 aromatic rings. The topological polar surface area (TPSA) is 30.2 Å². The highest BCUT2D eigenvalue weighted by molar-refractivity contribution is 5.93. The molecule has 1 heterocycles. The van der Waals surface area contributed by atoms with Crippen molar-refractivity contribution in [1.82, 2.24) is 0 Å². The lowest BCUT2D eigenvalue weighted by Crippen LogP contribution is -1.99. The molecular weight excluding hydrogens is 188 g/mol. The van der Waals surface area contributed by atoms with Gasteiger partial charge in [-0.1, -0.05) is 30.3 Å². The third-order valence-corrected chi connectivity index (χ3v) is 2.28. The lowest BCUT2D eigenvalue weighted by molar-refractivity contribution is 0.0956. The number of carbonyl (C=O) groups is 1. The van der Waals surface area contributed by atoms with Gasteiger partial charge in [-0.2, -0.15) is 0 Å². The average molecular weight is 200 g/mol. The number of rotatable bonds is 4. The first-order chi connectivity index (χ1) is 7.36. The molecule has 0 bridgehead atoms. The van der Waals surface area contributed by atoms with Gasteiger partial charge in [-0.3, -0.25) is 4.79 Å². The van der Waals surface area contributed by atoms with E-state index in [0.717, 1.165) is 6.42 Å². The summed E-state index contributed by atoms with van der Waals surface area (Å²) in [5, 5.41) is 0. The molecule has 2 nitrogen and oxygen atoms in total. The maximum atomic E-state index is 11.6. The zero-order valence-corrected chi connectivity index (χ0v) is 8.35. The minimum Gasteiger partial charge on any atom is -0.461 e. The van der Waals surface area contributed by atoms with E-state index in [1.807, 2.05) is 30.3 Å². The zero-order valence-electron chi connectivity index (χ0n) is 8.35. The summed E-state index contributed by atoms with van der Waals surface area (Å²) in [5.41, 5.74) is 1.18. The van der Waals surface area contributed by atoms with Crippen molar-refractivity contribution in [2.24, 2.45) is 0 Å². The van der Waals surface area contributed by atoms with Gasteiger partial charge in [0, 0.05) is 6.42 Å². The minimum atomic E-state index is 0.0591. The van der Waals surface area contributed by atoms with Gasteiger partial charge in [0.15, 0.2) is 11.5 Å². The summed E-state index contributed by atoms with van der Waals surface area (Å²) in [6.45, 7) is 0. The highest BCUT2D eigenvalue weighted by Crippen LogP contribution is 2.08. The normalized spacial score (nSPS) is 10.1. The second-order valence-corrected chi connectivity index (χ2v) is 3.39. The number of furan rings is 1. The summed E-state index contributed by atoms with van der Waals surface area (Å²) < 4.78 is 5.03. The van der Waals surface area contributed by atoms with E-state index in [1.54, 1.807) is 12.1 Å². The number of carbonyl (C=O) groups excluding carboxylic acids is 1. The van der Waals surface area contributed by atoms with Gasteiger partial charge >= 0.3 is 0 Å². The molecule has 0 amide bonds. The third kappa shape index (κ3) is 2.56. The fourth-order valence-electron chi connectivity index (χ4n) is 1.46. The SMILES string of the molecule is O=C(CCc1ccccc1)c1ccco1. The van der Waals surface area contributed by atoms with Crippen LogP contribution in [0, 0.1) is 0 Å². The summed E-state index contributed by atoms with van der Waals surface area (Å²) >= 11 is 0. The molecule has 0 aliphatic carbocycles. The Balaban J connectivity index is 1.92. The molecule has 1 aromatic heterocycles. The number of aryl methyl sites for hydroxylation is 1. The van der Waals surface area contributed by atoms with Crippen molar-refractivity contribution in [2.45, 2.75) is 12.8 Å². The number of Topliss-reactive ketones (excluding diaryl/α,β-unsaturated/α-hetero) is 1. The Hall–Kier alpha value is -1.83. The van der Waals surface area contributed by atoms with Crippen LogP contribution in [0.25, 0.3) is 0 Å². The van der Waals surface area contributed by atoms with Crippen LogP contribution in [0.3, 0.4) is 0 Å². The molecular formula is C13H12O2. The molecule has 0 radical (unpaired) electrons.